The zero-order valence-electron chi connectivity index (χ0n) is 11.9. The van der Waals surface area contributed by atoms with Crippen molar-refractivity contribution in [2.75, 3.05) is 7.11 Å². The van der Waals surface area contributed by atoms with Crippen molar-refractivity contribution in [1.29, 1.82) is 0 Å². The van der Waals surface area contributed by atoms with Gasteiger partial charge in [-0.3, -0.25) is 4.79 Å². The van der Waals surface area contributed by atoms with E-state index >= 15 is 0 Å². The number of amides is 1. The smallest absolute Gasteiger partial charge is 0.328 e. The number of methoxy groups -OCH3 is 1. The van der Waals surface area contributed by atoms with Gasteiger partial charge in [-0.2, -0.15) is 0 Å². The topological polar surface area (TPSA) is 55.4 Å². The van der Waals surface area contributed by atoms with Crippen LogP contribution >= 0.6 is 0 Å². The molecular formula is C15H17F2NO3. The van der Waals surface area contributed by atoms with Gasteiger partial charge in [-0.05, 0) is 31.0 Å². The Hall–Kier alpha value is -2.24. The molecule has 21 heavy (non-hydrogen) atoms. The maximum Gasteiger partial charge on any atom is 0.328 e. The normalized spacial score (nSPS) is 11.6. The van der Waals surface area contributed by atoms with Crippen molar-refractivity contribution in [2.24, 2.45) is 0 Å². The molecule has 0 heterocycles. The summed E-state index contributed by atoms with van der Waals surface area (Å²) in [6, 6.07) is 2.36. The predicted molar refractivity (Wildman–Crippen MR) is 73.4 cm³/mol. The summed E-state index contributed by atoms with van der Waals surface area (Å²) in [6.45, 7) is 5.39. The van der Waals surface area contributed by atoms with Gasteiger partial charge in [0.15, 0.2) is 11.6 Å². The van der Waals surface area contributed by atoms with Crippen molar-refractivity contribution in [1.82, 2.24) is 5.32 Å². The molecule has 0 fully saturated rings. The van der Waals surface area contributed by atoms with Crippen LogP contribution in [0.5, 0.6) is 0 Å². The number of ether oxygens (including phenoxy) is 1. The van der Waals surface area contributed by atoms with E-state index in [1.807, 2.05) is 0 Å². The molecule has 1 atom stereocenters. The Bertz CT molecular complexity index is 558. The summed E-state index contributed by atoms with van der Waals surface area (Å²) in [7, 11) is 1.22. The van der Waals surface area contributed by atoms with E-state index in [4.69, 9.17) is 0 Å². The molecule has 1 rings (SSSR count). The number of halogens is 2. The fourth-order valence-electron chi connectivity index (χ4n) is 1.76. The number of carbonyl (C=O) groups excluding carboxylic acids is 2. The fourth-order valence-corrected chi connectivity index (χ4v) is 1.76. The van der Waals surface area contributed by atoms with Crippen LogP contribution in [0.25, 0.3) is 0 Å². The van der Waals surface area contributed by atoms with Gasteiger partial charge in [-0.15, -0.1) is 6.58 Å². The minimum atomic E-state index is -1.02. The molecule has 4 nitrogen and oxygen atoms in total. The number of nitrogens with one attached hydrogen (secondary N) is 1. The number of esters is 1. The third kappa shape index (κ3) is 5.33. The Morgan fingerprint density at radius 1 is 1.33 bits per heavy atom. The average Bonchev–Trinajstić information content (AvgIpc) is 2.40. The second-order valence-corrected chi connectivity index (χ2v) is 4.73. The molecule has 6 heteroatoms. The van der Waals surface area contributed by atoms with Gasteiger partial charge in [0, 0.05) is 0 Å². The summed E-state index contributed by atoms with van der Waals surface area (Å²) in [5.41, 5.74) is 1.02. The molecule has 1 amide bonds. The van der Waals surface area contributed by atoms with Crippen LogP contribution < -0.4 is 5.32 Å². The Morgan fingerprint density at radius 2 is 2.00 bits per heavy atom. The molecule has 1 aromatic carbocycles. The van der Waals surface area contributed by atoms with E-state index in [2.05, 4.69) is 16.6 Å². The van der Waals surface area contributed by atoms with Crippen molar-refractivity contribution in [2.45, 2.75) is 25.8 Å². The summed E-state index contributed by atoms with van der Waals surface area (Å²) in [6.07, 6.45) is 0.0804. The summed E-state index contributed by atoms with van der Waals surface area (Å²) >= 11 is 0. The average molecular weight is 297 g/mol. The lowest BCUT2D eigenvalue weighted by atomic mass is 10.1. The lowest BCUT2D eigenvalue weighted by Gasteiger charge is -2.16. The van der Waals surface area contributed by atoms with Crippen molar-refractivity contribution in [3.05, 3.63) is 47.5 Å². The van der Waals surface area contributed by atoms with E-state index in [-0.39, 0.29) is 12.8 Å². The van der Waals surface area contributed by atoms with Gasteiger partial charge < -0.3 is 10.1 Å². The highest BCUT2D eigenvalue weighted by Crippen LogP contribution is 2.10. The van der Waals surface area contributed by atoms with Crippen LogP contribution in [0.3, 0.4) is 0 Å². The maximum atomic E-state index is 13.1. The molecule has 1 N–H and O–H groups in total. The fraction of sp³-hybridized carbons (Fsp3) is 0.333. The standard InChI is InChI=1S/C15H17F2NO3/c1-9(2)6-13(15(20)21-3)18-14(19)8-10-4-5-11(16)12(17)7-10/h4-5,7,13H,1,6,8H2,2-3H3,(H,18,19)/t13-/m0/s1. The SMILES string of the molecule is C=C(C)C[C@H](NC(=O)Cc1ccc(F)c(F)c1)C(=O)OC. The third-order valence-electron chi connectivity index (χ3n) is 2.72. The minimum absolute atomic E-state index is 0.166. The van der Waals surface area contributed by atoms with Gasteiger partial charge in [-0.1, -0.05) is 11.6 Å². The van der Waals surface area contributed by atoms with E-state index in [0.29, 0.717) is 11.1 Å². The zero-order valence-corrected chi connectivity index (χ0v) is 11.9. The van der Waals surface area contributed by atoms with Gasteiger partial charge in [0.25, 0.3) is 0 Å². The van der Waals surface area contributed by atoms with E-state index in [1.165, 1.54) is 13.2 Å². The molecule has 114 valence electrons. The second-order valence-electron chi connectivity index (χ2n) is 4.73. The van der Waals surface area contributed by atoms with Gasteiger partial charge in [0.1, 0.15) is 6.04 Å². The molecule has 0 aliphatic heterocycles. The molecule has 0 saturated heterocycles. The molecule has 0 aliphatic rings. The highest BCUT2D eigenvalue weighted by Gasteiger charge is 2.21. The highest BCUT2D eigenvalue weighted by molar-refractivity contribution is 5.85. The van der Waals surface area contributed by atoms with Gasteiger partial charge in [0.2, 0.25) is 5.91 Å². The lowest BCUT2D eigenvalue weighted by molar-refractivity contribution is -0.145. The van der Waals surface area contributed by atoms with Crippen LogP contribution in [-0.2, 0) is 20.7 Å². The third-order valence-corrected chi connectivity index (χ3v) is 2.72. The highest BCUT2D eigenvalue weighted by atomic mass is 19.2. The molecule has 0 spiro atoms. The maximum absolute atomic E-state index is 13.1. The number of hydrogen-bond acceptors (Lipinski definition) is 3. The van der Waals surface area contributed by atoms with E-state index in [0.717, 1.165) is 12.1 Å². The van der Waals surface area contributed by atoms with Crippen LogP contribution in [0, 0.1) is 11.6 Å². The van der Waals surface area contributed by atoms with Crippen LogP contribution in [0.2, 0.25) is 0 Å². The molecule has 0 radical (unpaired) electrons. The molecule has 1 aromatic rings. The zero-order chi connectivity index (χ0) is 16.0. The first-order chi connectivity index (χ1) is 9.83. The largest absolute Gasteiger partial charge is 0.467 e. The minimum Gasteiger partial charge on any atom is -0.467 e. The first-order valence-corrected chi connectivity index (χ1v) is 6.29. The van der Waals surface area contributed by atoms with Crippen molar-refractivity contribution in [3.63, 3.8) is 0 Å². The van der Waals surface area contributed by atoms with Crippen LogP contribution in [0.1, 0.15) is 18.9 Å². The second kappa shape index (κ2) is 7.52. The summed E-state index contributed by atoms with van der Waals surface area (Å²) in [5.74, 6) is -3.07. The predicted octanol–water partition coefficient (Wildman–Crippen LogP) is 2.13. The first kappa shape index (κ1) is 16.8. The monoisotopic (exact) mass is 297 g/mol. The Labute approximate surface area is 121 Å². The summed E-state index contributed by atoms with van der Waals surface area (Å²) in [5, 5.41) is 2.49. The van der Waals surface area contributed by atoms with Crippen molar-refractivity contribution < 1.29 is 23.1 Å². The molecule has 0 aliphatic carbocycles. The van der Waals surface area contributed by atoms with Crippen LogP contribution in [-0.4, -0.2) is 25.0 Å². The van der Waals surface area contributed by atoms with E-state index in [1.54, 1.807) is 6.92 Å². The Balaban J connectivity index is 2.70. The Kier molecular flexibility index (Phi) is 6.02. The van der Waals surface area contributed by atoms with E-state index < -0.39 is 29.6 Å². The summed E-state index contributed by atoms with van der Waals surface area (Å²) < 4.78 is 30.4. The van der Waals surface area contributed by atoms with Gasteiger partial charge >= 0.3 is 5.97 Å². The van der Waals surface area contributed by atoms with Gasteiger partial charge in [0.05, 0.1) is 13.5 Å². The van der Waals surface area contributed by atoms with Crippen LogP contribution in [0.15, 0.2) is 30.4 Å². The van der Waals surface area contributed by atoms with E-state index in [9.17, 15) is 18.4 Å². The summed E-state index contributed by atoms with van der Waals surface area (Å²) in [4.78, 5) is 23.4. The number of carbonyl (C=O) groups is 2. The van der Waals surface area contributed by atoms with Gasteiger partial charge in [-0.25, -0.2) is 13.6 Å². The quantitative estimate of drug-likeness (QED) is 0.646. The van der Waals surface area contributed by atoms with Crippen molar-refractivity contribution >= 4 is 11.9 Å². The molecule has 0 unspecified atom stereocenters. The first-order valence-electron chi connectivity index (χ1n) is 6.29. The number of hydrogen-bond donors (Lipinski definition) is 1. The molecular weight excluding hydrogens is 280 g/mol. The molecule has 0 saturated carbocycles. The molecule has 0 bridgehead atoms. The molecule has 0 aromatic heterocycles. The van der Waals surface area contributed by atoms with Crippen molar-refractivity contribution in [3.8, 4) is 0 Å². The lowest BCUT2D eigenvalue weighted by Crippen LogP contribution is -2.42. The Morgan fingerprint density at radius 3 is 2.52 bits per heavy atom. The number of benzene rings is 1. The number of rotatable bonds is 6. The van der Waals surface area contributed by atoms with Crippen LogP contribution in [0.4, 0.5) is 8.78 Å².